The van der Waals surface area contributed by atoms with Crippen molar-refractivity contribution in [3.8, 4) is 17.0 Å². The van der Waals surface area contributed by atoms with E-state index in [1.165, 1.54) is 4.90 Å². The molecule has 1 aliphatic heterocycles. The quantitative estimate of drug-likeness (QED) is 0.384. The monoisotopic (exact) mass is 543 g/mol. The Labute approximate surface area is 222 Å². The smallest absolute Gasteiger partial charge is 0.415 e. The molecular weight excluding hydrogens is 518 g/mol. The zero-order valence-electron chi connectivity index (χ0n) is 20.9. The summed E-state index contributed by atoms with van der Waals surface area (Å²) in [5, 5.41) is 14.4. The largest absolute Gasteiger partial charge is 0.472 e. The topological polar surface area (TPSA) is 156 Å². The molecule has 4 rings (SSSR count). The molecule has 2 aromatic heterocycles. The van der Waals surface area contributed by atoms with E-state index in [4.69, 9.17) is 30.6 Å². The van der Waals surface area contributed by atoms with Crippen LogP contribution in [-0.4, -0.2) is 62.9 Å². The molecule has 0 radical (unpaired) electrons. The van der Waals surface area contributed by atoms with Gasteiger partial charge in [-0.05, 0) is 44.5 Å². The van der Waals surface area contributed by atoms with Crippen LogP contribution in [-0.2, 0) is 4.74 Å². The number of hydrogen-bond donors (Lipinski definition) is 3. The van der Waals surface area contributed by atoms with E-state index in [-0.39, 0.29) is 17.8 Å². The van der Waals surface area contributed by atoms with E-state index in [2.05, 4.69) is 20.6 Å². The van der Waals surface area contributed by atoms with Crippen molar-refractivity contribution in [2.45, 2.75) is 38.9 Å². The van der Waals surface area contributed by atoms with E-state index < -0.39 is 23.7 Å². The summed E-state index contributed by atoms with van der Waals surface area (Å²) in [4.78, 5) is 45.2. The number of rotatable bonds is 6. The van der Waals surface area contributed by atoms with Gasteiger partial charge < -0.3 is 29.2 Å². The van der Waals surface area contributed by atoms with Gasteiger partial charge in [0, 0.05) is 30.8 Å². The van der Waals surface area contributed by atoms with Gasteiger partial charge in [-0.15, -0.1) is 0 Å². The number of pyridine rings is 1. The van der Waals surface area contributed by atoms with Crippen molar-refractivity contribution in [3.05, 3.63) is 53.5 Å². The summed E-state index contributed by atoms with van der Waals surface area (Å²) in [6.07, 6.45) is 1.32. The number of nitrogens with zero attached hydrogens (tertiary/aromatic N) is 3. The van der Waals surface area contributed by atoms with Crippen molar-refractivity contribution in [1.29, 1.82) is 0 Å². The average Bonchev–Trinajstić information content (AvgIpc) is 3.50. The Morgan fingerprint density at radius 2 is 1.92 bits per heavy atom. The van der Waals surface area contributed by atoms with E-state index >= 15 is 0 Å². The minimum atomic E-state index is -0.966. The summed E-state index contributed by atoms with van der Waals surface area (Å²) in [7, 11) is 0. The van der Waals surface area contributed by atoms with Crippen LogP contribution in [0.5, 0.6) is 5.88 Å². The molecule has 38 heavy (non-hydrogen) atoms. The number of oxazole rings is 1. The molecule has 0 spiro atoms. The summed E-state index contributed by atoms with van der Waals surface area (Å²) < 4.78 is 16.1. The van der Waals surface area contributed by atoms with Gasteiger partial charge in [0.25, 0.3) is 5.91 Å². The molecule has 1 unspecified atom stereocenters. The number of halogens is 1. The first-order valence-electron chi connectivity index (χ1n) is 11.6. The summed E-state index contributed by atoms with van der Waals surface area (Å²) in [6, 6.07) is 8.39. The van der Waals surface area contributed by atoms with Crippen molar-refractivity contribution in [2.75, 3.05) is 23.7 Å². The zero-order chi connectivity index (χ0) is 27.4. The highest BCUT2D eigenvalue weighted by molar-refractivity contribution is 6.34. The lowest BCUT2D eigenvalue weighted by molar-refractivity contribution is 0.0631. The first-order valence-corrected chi connectivity index (χ1v) is 12.0. The van der Waals surface area contributed by atoms with Gasteiger partial charge in [-0.1, -0.05) is 17.7 Å². The van der Waals surface area contributed by atoms with E-state index in [9.17, 15) is 14.4 Å². The third-order valence-electron chi connectivity index (χ3n) is 5.33. The molecule has 3 heterocycles. The number of likely N-dealkylation sites (tertiary alicyclic amines) is 1. The van der Waals surface area contributed by atoms with Crippen LogP contribution in [0.1, 0.15) is 37.7 Å². The lowest BCUT2D eigenvalue weighted by Gasteiger charge is -2.18. The number of carbonyl (C=O) groups is 3. The molecule has 1 atom stereocenters. The number of amides is 3. The van der Waals surface area contributed by atoms with Gasteiger partial charge >= 0.3 is 18.2 Å². The van der Waals surface area contributed by atoms with E-state index in [0.29, 0.717) is 36.1 Å². The standard InChI is InChI=1S/C25H26ClN5O7/c1-25(2,3)38-23(33)30-22-29-19(13-36-22)21(32)28-18-10-14(4-6-17(18)26)15-5-7-20(27-11-15)37-16-8-9-31(12-16)24(34)35/h4-7,10-11,13,16H,8-9,12H2,1-3H3,(H,28,32)(H,34,35)(H,29,30,33). The van der Waals surface area contributed by atoms with Gasteiger partial charge in [-0.3, -0.25) is 4.79 Å². The Morgan fingerprint density at radius 1 is 1.16 bits per heavy atom. The maximum atomic E-state index is 12.7. The second kappa shape index (κ2) is 11.0. The van der Waals surface area contributed by atoms with Gasteiger partial charge in [0.2, 0.25) is 5.88 Å². The van der Waals surface area contributed by atoms with Crippen LogP contribution in [0.4, 0.5) is 21.3 Å². The number of ether oxygens (including phenoxy) is 2. The third kappa shape index (κ3) is 6.91. The Morgan fingerprint density at radius 3 is 2.58 bits per heavy atom. The van der Waals surface area contributed by atoms with Gasteiger partial charge in [0.15, 0.2) is 5.69 Å². The molecule has 12 nitrogen and oxygen atoms in total. The first-order chi connectivity index (χ1) is 18.0. The highest BCUT2D eigenvalue weighted by Gasteiger charge is 2.27. The Kier molecular flexibility index (Phi) is 7.72. The summed E-state index contributed by atoms with van der Waals surface area (Å²) in [6.45, 7) is 5.86. The highest BCUT2D eigenvalue weighted by atomic mass is 35.5. The molecule has 200 valence electrons. The van der Waals surface area contributed by atoms with Crippen LogP contribution in [0.25, 0.3) is 11.1 Å². The summed E-state index contributed by atoms with van der Waals surface area (Å²) in [5.41, 5.74) is 1.02. The number of nitrogens with one attached hydrogen (secondary N) is 2. The molecule has 1 aliphatic rings. The highest BCUT2D eigenvalue weighted by Crippen LogP contribution is 2.30. The number of hydrogen-bond acceptors (Lipinski definition) is 8. The van der Waals surface area contributed by atoms with Crippen LogP contribution in [0.15, 0.2) is 47.2 Å². The maximum Gasteiger partial charge on any atom is 0.415 e. The van der Waals surface area contributed by atoms with Gasteiger partial charge in [0.1, 0.15) is 18.0 Å². The minimum Gasteiger partial charge on any atom is -0.472 e. The van der Waals surface area contributed by atoms with Crippen molar-refractivity contribution in [1.82, 2.24) is 14.9 Å². The van der Waals surface area contributed by atoms with Crippen molar-refractivity contribution in [2.24, 2.45) is 0 Å². The number of carboxylic acid groups (broad SMARTS) is 1. The Hall–Kier alpha value is -4.32. The normalized spacial score (nSPS) is 15.2. The molecule has 0 saturated carbocycles. The second-order valence-corrected chi connectivity index (χ2v) is 9.86. The number of carbonyl (C=O) groups excluding carboxylic acids is 2. The van der Waals surface area contributed by atoms with Crippen LogP contribution in [0, 0.1) is 0 Å². The molecule has 0 aliphatic carbocycles. The maximum absolute atomic E-state index is 12.7. The second-order valence-electron chi connectivity index (χ2n) is 9.46. The van der Waals surface area contributed by atoms with Gasteiger partial charge in [-0.2, -0.15) is 4.98 Å². The predicted molar refractivity (Wildman–Crippen MR) is 138 cm³/mol. The van der Waals surface area contributed by atoms with Crippen LogP contribution < -0.4 is 15.4 Å². The van der Waals surface area contributed by atoms with Gasteiger partial charge in [-0.25, -0.2) is 19.9 Å². The molecule has 1 fully saturated rings. The summed E-state index contributed by atoms with van der Waals surface area (Å²) in [5.74, 6) is -0.214. The van der Waals surface area contributed by atoms with Crippen molar-refractivity contribution in [3.63, 3.8) is 0 Å². The van der Waals surface area contributed by atoms with Crippen LogP contribution in [0.2, 0.25) is 5.02 Å². The third-order valence-corrected chi connectivity index (χ3v) is 5.66. The van der Waals surface area contributed by atoms with Gasteiger partial charge in [0.05, 0.1) is 17.3 Å². The molecule has 1 aromatic carbocycles. The minimum absolute atomic E-state index is 0.0749. The van der Waals surface area contributed by atoms with Crippen molar-refractivity contribution >= 4 is 41.4 Å². The molecule has 0 bridgehead atoms. The zero-order valence-corrected chi connectivity index (χ0v) is 21.6. The number of anilines is 2. The fraction of sp³-hybridized carbons (Fsp3) is 0.320. The molecule has 3 aromatic rings. The number of benzene rings is 1. The van der Waals surface area contributed by atoms with Crippen LogP contribution >= 0.6 is 11.6 Å². The molecule has 13 heteroatoms. The fourth-order valence-electron chi connectivity index (χ4n) is 3.60. The lowest BCUT2D eigenvalue weighted by Crippen LogP contribution is -2.29. The molecule has 3 N–H and O–H groups in total. The molecule has 3 amide bonds. The Bertz CT molecular complexity index is 1340. The summed E-state index contributed by atoms with van der Waals surface area (Å²) >= 11 is 6.29. The average molecular weight is 544 g/mol. The van der Waals surface area contributed by atoms with Crippen LogP contribution in [0.3, 0.4) is 0 Å². The van der Waals surface area contributed by atoms with E-state index in [1.54, 1.807) is 57.3 Å². The van der Waals surface area contributed by atoms with Crippen molar-refractivity contribution < 1.29 is 33.4 Å². The predicted octanol–water partition coefficient (Wildman–Crippen LogP) is 5.12. The number of aromatic nitrogens is 2. The van der Waals surface area contributed by atoms with E-state index in [1.807, 2.05) is 0 Å². The SMILES string of the molecule is CC(C)(C)OC(=O)Nc1nc(C(=O)Nc2cc(-c3ccc(OC4CCN(C(=O)O)C4)nc3)ccc2Cl)co1. The molecular formula is C25H26ClN5O7. The fourth-order valence-corrected chi connectivity index (χ4v) is 3.77. The molecule has 1 saturated heterocycles. The first kappa shape index (κ1) is 26.7. The Balaban J connectivity index is 1.39. The van der Waals surface area contributed by atoms with E-state index in [0.717, 1.165) is 17.4 Å². The lowest BCUT2D eigenvalue weighted by atomic mass is 10.1.